The Morgan fingerprint density at radius 2 is 0.673 bits per heavy atom. The third kappa shape index (κ3) is 5.67. The third-order valence-electron chi connectivity index (χ3n) is 11.0. The topological polar surface area (TPSA) is 25.8 Å². The molecule has 1 heterocycles. The number of hydrogen-bond donors (Lipinski definition) is 0. The first-order valence-electron chi connectivity index (χ1n) is 18.8. The fraction of sp³-hybridized carbons (Fsp3) is 0.0189. The van der Waals surface area contributed by atoms with Gasteiger partial charge < -0.3 is 0 Å². The summed E-state index contributed by atoms with van der Waals surface area (Å²) in [5.74, 6) is 0.712. The van der Waals surface area contributed by atoms with Crippen molar-refractivity contribution in [2.24, 2.45) is 0 Å². The Kier molecular flexibility index (Phi) is 8.08. The van der Waals surface area contributed by atoms with Gasteiger partial charge in [-0.1, -0.05) is 206 Å². The number of rotatable bonds is 7. The highest BCUT2D eigenvalue weighted by Crippen LogP contribution is 2.56. The van der Waals surface area contributed by atoms with E-state index in [1.54, 1.807) is 0 Å². The van der Waals surface area contributed by atoms with Crippen LogP contribution in [0.25, 0.3) is 67.3 Å². The zero-order chi connectivity index (χ0) is 36.6. The van der Waals surface area contributed by atoms with E-state index in [9.17, 15) is 0 Å². The van der Waals surface area contributed by atoms with Gasteiger partial charge in [0.15, 0.2) is 5.82 Å². The molecule has 1 aromatic heterocycles. The quantitative estimate of drug-likeness (QED) is 0.165. The van der Waals surface area contributed by atoms with Crippen molar-refractivity contribution in [3.8, 4) is 67.3 Å². The molecule has 0 fully saturated rings. The minimum atomic E-state index is -0.389. The molecule has 0 unspecified atom stereocenters. The molecule has 0 saturated carbocycles. The van der Waals surface area contributed by atoms with Gasteiger partial charge in [0.05, 0.1) is 16.8 Å². The van der Waals surface area contributed by atoms with Gasteiger partial charge in [0.2, 0.25) is 0 Å². The van der Waals surface area contributed by atoms with E-state index in [0.717, 1.165) is 39.2 Å². The summed E-state index contributed by atoms with van der Waals surface area (Å²) in [5, 5.41) is 0. The molecule has 1 aliphatic rings. The second-order valence-electron chi connectivity index (χ2n) is 14.1. The van der Waals surface area contributed by atoms with Crippen molar-refractivity contribution in [2.45, 2.75) is 5.41 Å². The predicted octanol–water partition coefficient (Wildman–Crippen LogP) is 13.2. The van der Waals surface area contributed by atoms with Crippen LogP contribution >= 0.6 is 0 Å². The first-order valence-corrected chi connectivity index (χ1v) is 18.8. The first-order chi connectivity index (χ1) is 27.3. The summed E-state index contributed by atoms with van der Waals surface area (Å²) in [7, 11) is 0. The highest BCUT2D eigenvalue weighted by molar-refractivity contribution is 5.89. The van der Waals surface area contributed by atoms with Crippen molar-refractivity contribution >= 4 is 0 Å². The van der Waals surface area contributed by atoms with Gasteiger partial charge in [0, 0.05) is 16.7 Å². The van der Waals surface area contributed by atoms with Gasteiger partial charge in [0.25, 0.3) is 0 Å². The van der Waals surface area contributed by atoms with Gasteiger partial charge in [-0.3, -0.25) is 0 Å². The summed E-state index contributed by atoms with van der Waals surface area (Å²) in [4.78, 5) is 10.0. The van der Waals surface area contributed by atoms with Crippen molar-refractivity contribution < 1.29 is 0 Å². The molecule has 0 saturated heterocycles. The molecule has 0 radical (unpaired) electrons. The Labute approximate surface area is 322 Å². The summed E-state index contributed by atoms with van der Waals surface area (Å²) in [6.45, 7) is 0. The van der Waals surface area contributed by atoms with Crippen LogP contribution in [0.5, 0.6) is 0 Å². The van der Waals surface area contributed by atoms with Crippen LogP contribution in [0.4, 0.5) is 0 Å². The molecular weight excluding hydrogens is 665 g/mol. The van der Waals surface area contributed by atoms with Gasteiger partial charge in [-0.05, 0) is 67.8 Å². The number of fused-ring (bicyclic) bond motifs is 3. The Balaban J connectivity index is 0.985. The number of benzene rings is 8. The fourth-order valence-electron chi connectivity index (χ4n) is 8.39. The maximum Gasteiger partial charge on any atom is 0.160 e. The molecule has 8 aromatic carbocycles. The Morgan fingerprint density at radius 3 is 1.20 bits per heavy atom. The lowest BCUT2D eigenvalue weighted by atomic mass is 9.67. The SMILES string of the molecule is c1ccc(-c2cc(-c3ccccc3)nc(-c3ccc(-c4ccc(-c5ccc6c(c5)-c5ccccc5C6(c5ccccc5)c5ccccc5)cc4)cc3)n2)cc1. The van der Waals surface area contributed by atoms with Crippen molar-refractivity contribution in [1.82, 2.24) is 9.97 Å². The van der Waals surface area contributed by atoms with Crippen molar-refractivity contribution in [3.63, 3.8) is 0 Å². The lowest BCUT2D eigenvalue weighted by molar-refractivity contribution is 0.768. The third-order valence-corrected chi connectivity index (χ3v) is 11.0. The summed E-state index contributed by atoms with van der Waals surface area (Å²) >= 11 is 0. The summed E-state index contributed by atoms with van der Waals surface area (Å²) < 4.78 is 0. The van der Waals surface area contributed by atoms with E-state index in [4.69, 9.17) is 9.97 Å². The van der Waals surface area contributed by atoms with Gasteiger partial charge >= 0.3 is 0 Å². The molecule has 2 nitrogen and oxygen atoms in total. The van der Waals surface area contributed by atoms with Crippen LogP contribution < -0.4 is 0 Å². The summed E-state index contributed by atoms with van der Waals surface area (Å²) in [6.07, 6.45) is 0. The maximum absolute atomic E-state index is 5.02. The molecule has 0 amide bonds. The maximum atomic E-state index is 5.02. The zero-order valence-corrected chi connectivity index (χ0v) is 30.2. The van der Waals surface area contributed by atoms with Crippen LogP contribution in [0, 0.1) is 0 Å². The normalized spacial score (nSPS) is 12.5. The van der Waals surface area contributed by atoms with E-state index in [1.807, 2.05) is 36.4 Å². The van der Waals surface area contributed by atoms with E-state index in [-0.39, 0.29) is 5.41 Å². The average molecular weight is 701 g/mol. The molecule has 55 heavy (non-hydrogen) atoms. The predicted molar refractivity (Wildman–Crippen MR) is 227 cm³/mol. The first kappa shape index (κ1) is 32.5. The standard InChI is InChI=1S/C53H36N2/c1-5-15-40(16-6-1)50-36-51(41-17-7-2-8-18-41)55-52(54-50)42-31-29-38(30-32-42)37-25-27-39(28-26-37)43-33-34-49-47(35-43)46-23-13-14-24-48(46)53(49,44-19-9-3-10-20-44)45-21-11-4-12-22-45/h1-36H. The summed E-state index contributed by atoms with van der Waals surface area (Å²) in [5.41, 5.74) is 17.0. The van der Waals surface area contributed by atoms with Gasteiger partial charge in [-0.15, -0.1) is 0 Å². The second-order valence-corrected chi connectivity index (χ2v) is 14.1. The Morgan fingerprint density at radius 1 is 0.273 bits per heavy atom. The number of nitrogens with zero attached hydrogens (tertiary/aromatic N) is 2. The average Bonchev–Trinajstić information content (AvgIpc) is 3.58. The molecule has 1 aliphatic carbocycles. The number of hydrogen-bond acceptors (Lipinski definition) is 2. The van der Waals surface area contributed by atoms with Crippen molar-refractivity contribution in [3.05, 3.63) is 241 Å². The van der Waals surface area contributed by atoms with Crippen LogP contribution in [-0.2, 0) is 5.41 Å². The van der Waals surface area contributed by atoms with Crippen LogP contribution in [-0.4, -0.2) is 9.97 Å². The van der Waals surface area contributed by atoms with E-state index in [0.29, 0.717) is 5.82 Å². The number of aromatic nitrogens is 2. The molecule has 2 heteroatoms. The van der Waals surface area contributed by atoms with Crippen LogP contribution in [0.15, 0.2) is 218 Å². The van der Waals surface area contributed by atoms with Crippen LogP contribution in [0.1, 0.15) is 22.3 Å². The Hall–Kier alpha value is -7.16. The van der Waals surface area contributed by atoms with Crippen LogP contribution in [0.3, 0.4) is 0 Å². The smallest absolute Gasteiger partial charge is 0.160 e. The monoisotopic (exact) mass is 700 g/mol. The highest BCUT2D eigenvalue weighted by atomic mass is 14.9. The largest absolute Gasteiger partial charge is 0.228 e. The van der Waals surface area contributed by atoms with E-state index in [2.05, 4.69) is 182 Å². The molecule has 0 bridgehead atoms. The van der Waals surface area contributed by atoms with E-state index in [1.165, 1.54) is 44.5 Å². The summed E-state index contributed by atoms with van der Waals surface area (Å²) in [6, 6.07) is 78.1. The van der Waals surface area contributed by atoms with E-state index >= 15 is 0 Å². The lowest BCUT2D eigenvalue weighted by Crippen LogP contribution is -2.28. The van der Waals surface area contributed by atoms with Crippen molar-refractivity contribution in [2.75, 3.05) is 0 Å². The molecular formula is C53H36N2. The minimum absolute atomic E-state index is 0.389. The molecule has 0 atom stereocenters. The second kappa shape index (κ2) is 13.7. The zero-order valence-electron chi connectivity index (χ0n) is 30.2. The van der Waals surface area contributed by atoms with Crippen LogP contribution in [0.2, 0.25) is 0 Å². The molecule has 0 spiro atoms. The molecule has 9 aromatic rings. The van der Waals surface area contributed by atoms with Crippen molar-refractivity contribution in [1.29, 1.82) is 0 Å². The lowest BCUT2D eigenvalue weighted by Gasteiger charge is -2.33. The molecule has 0 N–H and O–H groups in total. The van der Waals surface area contributed by atoms with E-state index < -0.39 is 0 Å². The molecule has 10 rings (SSSR count). The minimum Gasteiger partial charge on any atom is -0.228 e. The molecule has 258 valence electrons. The van der Waals surface area contributed by atoms with Gasteiger partial charge in [0.1, 0.15) is 0 Å². The highest BCUT2D eigenvalue weighted by Gasteiger charge is 2.45. The fourth-order valence-corrected chi connectivity index (χ4v) is 8.39. The molecule has 0 aliphatic heterocycles. The van der Waals surface area contributed by atoms with Gasteiger partial charge in [-0.25, -0.2) is 9.97 Å². The van der Waals surface area contributed by atoms with Gasteiger partial charge in [-0.2, -0.15) is 0 Å². The Bertz CT molecular complexity index is 2660.